The van der Waals surface area contributed by atoms with Gasteiger partial charge < -0.3 is 15.0 Å². The first-order valence-corrected chi connectivity index (χ1v) is 7.46. The quantitative estimate of drug-likeness (QED) is 0.897. The summed E-state index contributed by atoms with van der Waals surface area (Å²) in [5, 5.41) is 3.61. The summed E-state index contributed by atoms with van der Waals surface area (Å²) in [5.41, 5.74) is 0.894. The van der Waals surface area contributed by atoms with E-state index in [1.807, 2.05) is 0 Å². The van der Waals surface area contributed by atoms with Crippen LogP contribution in [0.1, 0.15) is 38.3 Å². The molecule has 0 aliphatic carbocycles. The zero-order chi connectivity index (χ0) is 14.5. The first-order chi connectivity index (χ1) is 9.63. The van der Waals surface area contributed by atoms with Crippen molar-refractivity contribution in [3.05, 3.63) is 29.6 Å². The van der Waals surface area contributed by atoms with E-state index in [9.17, 15) is 4.39 Å². The van der Waals surface area contributed by atoms with Gasteiger partial charge in [0, 0.05) is 17.6 Å². The van der Waals surface area contributed by atoms with Gasteiger partial charge in [-0.05, 0) is 57.6 Å². The highest BCUT2D eigenvalue weighted by Gasteiger charge is 2.21. The van der Waals surface area contributed by atoms with Crippen LogP contribution in [0.5, 0.6) is 5.75 Å². The van der Waals surface area contributed by atoms with Crippen LogP contribution in [0.25, 0.3) is 0 Å². The van der Waals surface area contributed by atoms with Gasteiger partial charge in [-0.3, -0.25) is 0 Å². The van der Waals surface area contributed by atoms with Crippen molar-refractivity contribution in [3.8, 4) is 5.75 Å². The number of nitrogens with one attached hydrogen (secondary N) is 1. The van der Waals surface area contributed by atoms with Crippen LogP contribution < -0.4 is 10.1 Å². The van der Waals surface area contributed by atoms with Crippen LogP contribution in [-0.4, -0.2) is 37.7 Å². The van der Waals surface area contributed by atoms with Gasteiger partial charge in [-0.25, -0.2) is 4.39 Å². The van der Waals surface area contributed by atoms with Crippen molar-refractivity contribution >= 4 is 0 Å². The van der Waals surface area contributed by atoms with E-state index in [-0.39, 0.29) is 11.9 Å². The second-order valence-corrected chi connectivity index (χ2v) is 5.48. The fourth-order valence-corrected chi connectivity index (χ4v) is 2.90. The van der Waals surface area contributed by atoms with Gasteiger partial charge in [0.2, 0.25) is 0 Å². The van der Waals surface area contributed by atoms with E-state index in [1.165, 1.54) is 6.07 Å². The molecule has 112 valence electrons. The molecule has 20 heavy (non-hydrogen) atoms. The van der Waals surface area contributed by atoms with Gasteiger partial charge in [0.1, 0.15) is 11.6 Å². The zero-order valence-corrected chi connectivity index (χ0v) is 12.7. The van der Waals surface area contributed by atoms with Gasteiger partial charge in [-0.2, -0.15) is 0 Å². The van der Waals surface area contributed by atoms with Crippen molar-refractivity contribution in [1.29, 1.82) is 0 Å². The predicted molar refractivity (Wildman–Crippen MR) is 79.6 cm³/mol. The van der Waals surface area contributed by atoms with Crippen molar-refractivity contribution < 1.29 is 9.13 Å². The normalized spacial score (nSPS) is 19.0. The Morgan fingerprint density at radius 1 is 1.40 bits per heavy atom. The molecule has 0 amide bonds. The molecule has 4 heteroatoms. The average molecular weight is 280 g/mol. The maximum absolute atomic E-state index is 13.4. The third-order valence-electron chi connectivity index (χ3n) is 4.18. The minimum atomic E-state index is -0.213. The number of rotatable bonds is 5. The Morgan fingerprint density at radius 3 is 2.70 bits per heavy atom. The monoisotopic (exact) mass is 280 g/mol. The van der Waals surface area contributed by atoms with Gasteiger partial charge in [0.15, 0.2) is 0 Å². The molecule has 1 aliphatic heterocycles. The smallest absolute Gasteiger partial charge is 0.123 e. The highest BCUT2D eigenvalue weighted by Crippen LogP contribution is 2.27. The molecule has 0 radical (unpaired) electrons. The van der Waals surface area contributed by atoms with E-state index in [0.29, 0.717) is 6.04 Å². The fraction of sp³-hybridized carbons (Fsp3) is 0.625. The van der Waals surface area contributed by atoms with Crippen LogP contribution in [0.3, 0.4) is 0 Å². The second kappa shape index (κ2) is 7.04. The number of halogens is 1. The van der Waals surface area contributed by atoms with Crippen LogP contribution in [-0.2, 0) is 0 Å². The number of hydrogen-bond acceptors (Lipinski definition) is 3. The maximum Gasteiger partial charge on any atom is 0.123 e. The highest BCUT2D eigenvalue weighted by atomic mass is 19.1. The molecule has 1 unspecified atom stereocenters. The standard InChI is InChI=1S/C16H25FN2O/c1-4-19-9-7-14(8-10-19)18-12(2)15-11-13(17)5-6-16(15)20-3/h5-6,11-12,14,18H,4,7-10H2,1-3H3. The summed E-state index contributed by atoms with van der Waals surface area (Å²) >= 11 is 0. The summed E-state index contributed by atoms with van der Waals surface area (Å²) < 4.78 is 18.8. The van der Waals surface area contributed by atoms with Crippen LogP contribution in [0.15, 0.2) is 18.2 Å². The van der Waals surface area contributed by atoms with E-state index in [1.54, 1.807) is 19.2 Å². The average Bonchev–Trinajstić information content (AvgIpc) is 2.48. The first kappa shape index (κ1) is 15.3. The number of piperidine rings is 1. The molecule has 0 bridgehead atoms. The molecule has 1 fully saturated rings. The van der Waals surface area contributed by atoms with Crippen molar-refractivity contribution in [2.45, 2.75) is 38.8 Å². The maximum atomic E-state index is 13.4. The minimum Gasteiger partial charge on any atom is -0.496 e. The minimum absolute atomic E-state index is 0.0961. The van der Waals surface area contributed by atoms with Crippen LogP contribution in [0.2, 0.25) is 0 Å². The Balaban J connectivity index is 1.98. The summed E-state index contributed by atoms with van der Waals surface area (Å²) in [6.07, 6.45) is 2.30. The van der Waals surface area contributed by atoms with E-state index in [0.717, 1.165) is 43.8 Å². The van der Waals surface area contributed by atoms with Crippen molar-refractivity contribution in [1.82, 2.24) is 10.2 Å². The van der Waals surface area contributed by atoms with Gasteiger partial charge in [0.05, 0.1) is 7.11 Å². The number of likely N-dealkylation sites (tertiary alicyclic amines) is 1. The lowest BCUT2D eigenvalue weighted by Crippen LogP contribution is -2.43. The summed E-state index contributed by atoms with van der Waals surface area (Å²) in [4.78, 5) is 2.46. The molecule has 1 aromatic rings. The SMILES string of the molecule is CCN1CCC(NC(C)c2cc(F)ccc2OC)CC1. The molecule has 1 atom stereocenters. The Hall–Kier alpha value is -1.13. The Kier molecular flexibility index (Phi) is 5.38. The zero-order valence-electron chi connectivity index (χ0n) is 12.7. The van der Waals surface area contributed by atoms with Crippen LogP contribution in [0, 0.1) is 5.82 Å². The van der Waals surface area contributed by atoms with Gasteiger partial charge >= 0.3 is 0 Å². The molecule has 1 N–H and O–H groups in total. The van der Waals surface area contributed by atoms with Gasteiger partial charge in [-0.15, -0.1) is 0 Å². The molecule has 1 saturated heterocycles. The molecular weight excluding hydrogens is 255 g/mol. The predicted octanol–water partition coefficient (Wildman–Crippen LogP) is 2.97. The molecule has 0 spiro atoms. The van der Waals surface area contributed by atoms with Crippen molar-refractivity contribution in [2.24, 2.45) is 0 Å². The lowest BCUT2D eigenvalue weighted by atomic mass is 10.0. The topological polar surface area (TPSA) is 24.5 Å². The lowest BCUT2D eigenvalue weighted by Gasteiger charge is -2.33. The van der Waals surface area contributed by atoms with Crippen LogP contribution >= 0.6 is 0 Å². The summed E-state index contributed by atoms with van der Waals surface area (Å²) in [6.45, 7) is 7.68. The molecular formula is C16H25FN2O. The molecule has 1 aromatic carbocycles. The fourth-order valence-electron chi connectivity index (χ4n) is 2.90. The second-order valence-electron chi connectivity index (χ2n) is 5.48. The lowest BCUT2D eigenvalue weighted by molar-refractivity contribution is 0.200. The third kappa shape index (κ3) is 3.70. The Bertz CT molecular complexity index is 430. The molecule has 0 saturated carbocycles. The van der Waals surface area contributed by atoms with Gasteiger partial charge in [-0.1, -0.05) is 6.92 Å². The van der Waals surface area contributed by atoms with Gasteiger partial charge in [0.25, 0.3) is 0 Å². The largest absolute Gasteiger partial charge is 0.496 e. The van der Waals surface area contributed by atoms with E-state index in [4.69, 9.17) is 4.74 Å². The third-order valence-corrected chi connectivity index (χ3v) is 4.18. The van der Waals surface area contributed by atoms with E-state index in [2.05, 4.69) is 24.1 Å². The number of methoxy groups -OCH3 is 1. The number of hydrogen-bond donors (Lipinski definition) is 1. The summed E-state index contributed by atoms with van der Waals surface area (Å²) in [6, 6.07) is 5.30. The highest BCUT2D eigenvalue weighted by molar-refractivity contribution is 5.36. The van der Waals surface area contributed by atoms with E-state index >= 15 is 0 Å². The van der Waals surface area contributed by atoms with Crippen LogP contribution in [0.4, 0.5) is 4.39 Å². The van der Waals surface area contributed by atoms with E-state index < -0.39 is 0 Å². The molecule has 2 rings (SSSR count). The Morgan fingerprint density at radius 2 is 2.10 bits per heavy atom. The van der Waals surface area contributed by atoms with Crippen molar-refractivity contribution in [2.75, 3.05) is 26.7 Å². The Labute approximate surface area is 121 Å². The molecule has 1 heterocycles. The number of nitrogens with zero attached hydrogens (tertiary/aromatic N) is 1. The number of ether oxygens (including phenoxy) is 1. The van der Waals surface area contributed by atoms with Crippen molar-refractivity contribution in [3.63, 3.8) is 0 Å². The number of benzene rings is 1. The summed E-state index contributed by atoms with van der Waals surface area (Å²) in [7, 11) is 1.63. The molecule has 1 aliphatic rings. The molecule has 0 aromatic heterocycles. The first-order valence-electron chi connectivity index (χ1n) is 7.46. The summed E-state index contributed by atoms with van der Waals surface area (Å²) in [5.74, 6) is 0.535. The molecule has 3 nitrogen and oxygen atoms in total.